The van der Waals surface area contributed by atoms with Crippen LogP contribution in [0, 0.1) is 5.92 Å². The Morgan fingerprint density at radius 2 is 1.81 bits per heavy atom. The lowest BCUT2D eigenvalue weighted by atomic mass is 9.93. The summed E-state index contributed by atoms with van der Waals surface area (Å²) in [4.78, 5) is 13.4. The molecule has 1 saturated heterocycles. The van der Waals surface area contributed by atoms with E-state index in [-0.39, 0.29) is 30.7 Å². The van der Waals surface area contributed by atoms with Crippen molar-refractivity contribution in [2.75, 3.05) is 31.9 Å². The molecule has 1 aromatic rings. The third-order valence-corrected chi connectivity index (χ3v) is 4.66. The van der Waals surface area contributed by atoms with Crippen LogP contribution in [0.25, 0.3) is 0 Å². The van der Waals surface area contributed by atoms with E-state index in [0.29, 0.717) is 44.1 Å². The molecular formula is C18H28Cl2F3N3O. The predicted molar refractivity (Wildman–Crippen MR) is 107 cm³/mol. The molecule has 27 heavy (non-hydrogen) atoms. The lowest BCUT2D eigenvalue weighted by molar-refractivity contribution is -0.148. The van der Waals surface area contributed by atoms with Crippen LogP contribution in [0.4, 0.5) is 18.9 Å². The summed E-state index contributed by atoms with van der Waals surface area (Å²) in [5.41, 5.74) is 7.51. The molecule has 1 fully saturated rings. The van der Waals surface area contributed by atoms with Crippen molar-refractivity contribution in [3.05, 3.63) is 29.8 Å². The molecule has 0 atom stereocenters. The zero-order chi connectivity index (χ0) is 18.3. The number of para-hydroxylation sites is 1. The van der Waals surface area contributed by atoms with Crippen molar-refractivity contribution >= 4 is 36.4 Å². The maximum absolute atomic E-state index is 12.4. The van der Waals surface area contributed by atoms with Crippen LogP contribution >= 0.6 is 24.8 Å². The maximum atomic E-state index is 12.4. The Kier molecular flexibility index (Phi) is 11.8. The number of rotatable bonds is 7. The fraction of sp³-hybridized carbons (Fsp3) is 0.611. The molecule has 9 heteroatoms. The second-order valence-electron chi connectivity index (χ2n) is 6.67. The van der Waals surface area contributed by atoms with Crippen LogP contribution in [0.2, 0.25) is 0 Å². The van der Waals surface area contributed by atoms with Crippen LogP contribution in [0.5, 0.6) is 0 Å². The first kappa shape index (κ1) is 25.8. The van der Waals surface area contributed by atoms with Crippen LogP contribution in [0.1, 0.15) is 31.2 Å². The van der Waals surface area contributed by atoms with Gasteiger partial charge in [0.1, 0.15) is 0 Å². The number of carbonyl (C=O) groups excluding carboxylic acids is 1. The summed E-state index contributed by atoms with van der Waals surface area (Å²) >= 11 is 0. The zero-order valence-corrected chi connectivity index (χ0v) is 16.8. The van der Waals surface area contributed by atoms with Crippen molar-refractivity contribution in [2.24, 2.45) is 5.92 Å². The standard InChI is InChI=1S/C18H26F3N3O.2ClH/c19-18(20,21)13-24-11-8-14(9-12-24)7-10-23-17(25)6-5-15-3-1-2-4-16(15)22;;/h1-4,14H,5-13,22H2,(H,23,25);2*1H. The number of likely N-dealkylation sites (tertiary alicyclic amines) is 1. The molecule has 1 aromatic carbocycles. The molecule has 0 radical (unpaired) electrons. The first-order chi connectivity index (χ1) is 11.8. The third kappa shape index (κ3) is 10.1. The Bertz CT molecular complexity index is 565. The first-order valence-corrected chi connectivity index (χ1v) is 8.72. The molecule has 1 heterocycles. The molecule has 0 bridgehead atoms. The highest BCUT2D eigenvalue weighted by molar-refractivity contribution is 5.85. The number of nitrogen functional groups attached to an aromatic ring is 1. The van der Waals surface area contributed by atoms with E-state index in [4.69, 9.17) is 5.73 Å². The van der Waals surface area contributed by atoms with Crippen LogP contribution in [-0.4, -0.2) is 43.2 Å². The van der Waals surface area contributed by atoms with Gasteiger partial charge in [-0.3, -0.25) is 9.69 Å². The molecule has 4 nitrogen and oxygen atoms in total. The number of benzene rings is 1. The van der Waals surface area contributed by atoms with E-state index in [1.165, 1.54) is 4.90 Å². The Morgan fingerprint density at radius 3 is 2.41 bits per heavy atom. The van der Waals surface area contributed by atoms with E-state index < -0.39 is 12.7 Å². The van der Waals surface area contributed by atoms with Crippen molar-refractivity contribution in [3.8, 4) is 0 Å². The summed E-state index contributed by atoms with van der Waals surface area (Å²) in [6.07, 6.45) is -0.798. The molecule has 0 saturated carbocycles. The largest absolute Gasteiger partial charge is 0.401 e. The average molecular weight is 430 g/mol. The highest BCUT2D eigenvalue weighted by atomic mass is 35.5. The Balaban J connectivity index is 0.00000338. The number of nitrogens with zero attached hydrogens (tertiary/aromatic N) is 1. The number of piperidine rings is 1. The first-order valence-electron chi connectivity index (χ1n) is 8.72. The van der Waals surface area contributed by atoms with Crippen molar-refractivity contribution in [3.63, 3.8) is 0 Å². The molecule has 0 unspecified atom stereocenters. The van der Waals surface area contributed by atoms with E-state index in [2.05, 4.69) is 5.32 Å². The van der Waals surface area contributed by atoms with E-state index >= 15 is 0 Å². The lowest BCUT2D eigenvalue weighted by Crippen LogP contribution is -2.40. The Labute approximate surface area is 170 Å². The number of hydrogen-bond donors (Lipinski definition) is 2. The lowest BCUT2D eigenvalue weighted by Gasteiger charge is -2.32. The van der Waals surface area contributed by atoms with Crippen LogP contribution in [0.15, 0.2) is 24.3 Å². The van der Waals surface area contributed by atoms with Gasteiger partial charge in [-0.2, -0.15) is 13.2 Å². The molecule has 1 amide bonds. The minimum Gasteiger partial charge on any atom is -0.399 e. The van der Waals surface area contributed by atoms with Crippen molar-refractivity contribution in [2.45, 2.75) is 38.3 Å². The average Bonchev–Trinajstić information content (AvgIpc) is 2.54. The van der Waals surface area contributed by atoms with Crippen molar-refractivity contribution in [1.82, 2.24) is 10.2 Å². The van der Waals surface area contributed by atoms with Crippen LogP contribution < -0.4 is 11.1 Å². The monoisotopic (exact) mass is 429 g/mol. The third-order valence-electron chi connectivity index (χ3n) is 4.66. The fourth-order valence-corrected chi connectivity index (χ4v) is 3.20. The minimum absolute atomic E-state index is 0. The number of nitrogens with one attached hydrogen (secondary N) is 1. The smallest absolute Gasteiger partial charge is 0.399 e. The van der Waals surface area contributed by atoms with Gasteiger partial charge in [-0.25, -0.2) is 0 Å². The molecule has 2 rings (SSSR count). The summed E-state index contributed by atoms with van der Waals surface area (Å²) < 4.78 is 37.1. The summed E-state index contributed by atoms with van der Waals surface area (Å²) in [5, 5.41) is 2.90. The molecule has 0 spiro atoms. The normalized spacial score (nSPS) is 15.5. The molecule has 1 aliphatic rings. The SMILES string of the molecule is Cl.Cl.Nc1ccccc1CCC(=O)NCCC1CCN(CC(F)(F)F)CC1. The summed E-state index contributed by atoms with van der Waals surface area (Å²) in [6, 6.07) is 7.49. The van der Waals surface area contributed by atoms with Gasteiger partial charge in [0.25, 0.3) is 0 Å². The number of hydrogen-bond acceptors (Lipinski definition) is 3. The van der Waals surface area contributed by atoms with Gasteiger partial charge in [0, 0.05) is 18.7 Å². The summed E-state index contributed by atoms with van der Waals surface area (Å²) in [7, 11) is 0. The second kappa shape index (κ2) is 12.3. The number of nitrogens with two attached hydrogens (primary N) is 1. The number of alkyl halides is 3. The minimum atomic E-state index is -4.12. The van der Waals surface area contributed by atoms with E-state index in [9.17, 15) is 18.0 Å². The number of carbonyl (C=O) groups is 1. The number of anilines is 1. The van der Waals surface area contributed by atoms with Gasteiger partial charge < -0.3 is 11.1 Å². The molecule has 1 aliphatic heterocycles. The van der Waals surface area contributed by atoms with Gasteiger partial charge in [0.05, 0.1) is 6.54 Å². The highest BCUT2D eigenvalue weighted by Crippen LogP contribution is 2.24. The van der Waals surface area contributed by atoms with Gasteiger partial charge in [-0.1, -0.05) is 18.2 Å². The maximum Gasteiger partial charge on any atom is 0.401 e. The molecular weight excluding hydrogens is 402 g/mol. The molecule has 0 aromatic heterocycles. The number of aryl methyl sites for hydroxylation is 1. The molecule has 0 aliphatic carbocycles. The van der Waals surface area contributed by atoms with Crippen LogP contribution in [-0.2, 0) is 11.2 Å². The van der Waals surface area contributed by atoms with Crippen molar-refractivity contribution in [1.29, 1.82) is 0 Å². The quantitative estimate of drug-likeness (QED) is 0.647. The second-order valence-corrected chi connectivity index (χ2v) is 6.67. The van der Waals surface area contributed by atoms with E-state index in [0.717, 1.165) is 24.8 Å². The van der Waals surface area contributed by atoms with Gasteiger partial charge in [-0.05, 0) is 56.3 Å². The van der Waals surface area contributed by atoms with Crippen LogP contribution in [0.3, 0.4) is 0 Å². The number of halogens is 5. The van der Waals surface area contributed by atoms with Gasteiger partial charge >= 0.3 is 6.18 Å². The highest BCUT2D eigenvalue weighted by Gasteiger charge is 2.32. The fourth-order valence-electron chi connectivity index (χ4n) is 3.20. The number of amides is 1. The molecule has 156 valence electrons. The van der Waals surface area contributed by atoms with Gasteiger partial charge in [-0.15, -0.1) is 24.8 Å². The van der Waals surface area contributed by atoms with Crippen molar-refractivity contribution < 1.29 is 18.0 Å². The summed E-state index contributed by atoms with van der Waals surface area (Å²) in [5.74, 6) is 0.368. The zero-order valence-electron chi connectivity index (χ0n) is 15.1. The topological polar surface area (TPSA) is 58.4 Å². The van der Waals surface area contributed by atoms with Gasteiger partial charge in [0.2, 0.25) is 5.91 Å². The van der Waals surface area contributed by atoms with E-state index in [1.54, 1.807) is 0 Å². The van der Waals surface area contributed by atoms with Gasteiger partial charge in [0.15, 0.2) is 0 Å². The van der Waals surface area contributed by atoms with E-state index in [1.807, 2.05) is 24.3 Å². The summed E-state index contributed by atoms with van der Waals surface area (Å²) in [6.45, 7) is 0.711. The Morgan fingerprint density at radius 1 is 1.19 bits per heavy atom. The predicted octanol–water partition coefficient (Wildman–Crippen LogP) is 3.83. The Hall–Kier alpha value is -1.18. The molecule has 3 N–H and O–H groups in total.